The summed E-state index contributed by atoms with van der Waals surface area (Å²) in [7, 11) is 0. The second-order valence-electron chi connectivity index (χ2n) is 9.64. The number of hydrogen-bond acceptors (Lipinski definition) is 9. The highest BCUT2D eigenvalue weighted by molar-refractivity contribution is 5.81. The van der Waals surface area contributed by atoms with Crippen LogP contribution < -0.4 is 31.5 Å². The van der Waals surface area contributed by atoms with Crippen molar-refractivity contribution in [2.45, 2.75) is 57.2 Å². The summed E-state index contributed by atoms with van der Waals surface area (Å²) in [5.41, 5.74) is 5.15. The molecule has 1 amide bonds. The van der Waals surface area contributed by atoms with Crippen molar-refractivity contribution >= 4 is 17.6 Å². The summed E-state index contributed by atoms with van der Waals surface area (Å²) >= 11 is 0. The van der Waals surface area contributed by atoms with Crippen molar-refractivity contribution in [3.8, 4) is 11.8 Å². The molecule has 0 bridgehead atoms. The third-order valence-corrected chi connectivity index (χ3v) is 6.80. The molecule has 184 valence electrons. The van der Waals surface area contributed by atoms with Crippen LogP contribution in [0.3, 0.4) is 0 Å². The number of aliphatic carboxylic acids is 1. The number of benzene rings is 1. The third kappa shape index (κ3) is 5.42. The molecule has 4 unspecified atom stereocenters. The number of nitrogens with zero attached hydrogens (tertiary/aromatic N) is 2. The normalized spacial score (nSPS) is 28.3. The van der Waals surface area contributed by atoms with Crippen LogP contribution in [0.2, 0.25) is 0 Å². The lowest BCUT2D eigenvalue weighted by molar-refractivity contribution is -0.152. The molecule has 3 aliphatic rings. The highest BCUT2D eigenvalue weighted by atomic mass is 16.5. The molecular weight excluding hydrogens is 438 g/mol. The van der Waals surface area contributed by atoms with Crippen LogP contribution in [0.25, 0.3) is 0 Å². The van der Waals surface area contributed by atoms with Crippen LogP contribution in [-0.2, 0) is 9.59 Å². The van der Waals surface area contributed by atoms with E-state index < -0.39 is 11.6 Å². The number of hydrazine groups is 1. The molecule has 3 fully saturated rings. The van der Waals surface area contributed by atoms with E-state index >= 15 is 0 Å². The summed E-state index contributed by atoms with van der Waals surface area (Å²) < 4.78 is 5.58. The monoisotopic (exact) mass is 471 g/mol. The van der Waals surface area contributed by atoms with Gasteiger partial charge in [-0.05, 0) is 56.9 Å². The van der Waals surface area contributed by atoms with Crippen molar-refractivity contribution in [2.75, 3.05) is 25.0 Å². The van der Waals surface area contributed by atoms with Gasteiger partial charge < -0.3 is 15.2 Å². The average Bonchev–Trinajstić information content (AvgIpc) is 2.80. The van der Waals surface area contributed by atoms with Crippen LogP contribution in [0.4, 0.5) is 5.69 Å². The second-order valence-corrected chi connectivity index (χ2v) is 9.64. The number of carboxylic acids is 1. The van der Waals surface area contributed by atoms with Gasteiger partial charge >= 0.3 is 5.97 Å². The number of likely N-dealkylation sites (tertiary alicyclic amines) is 1. The van der Waals surface area contributed by atoms with E-state index in [2.05, 4.69) is 37.8 Å². The van der Waals surface area contributed by atoms with Crippen molar-refractivity contribution in [3.05, 3.63) is 24.3 Å². The van der Waals surface area contributed by atoms with Crippen LogP contribution in [0, 0.1) is 23.2 Å². The Kier molecular flexibility index (Phi) is 7.23. The van der Waals surface area contributed by atoms with E-state index in [1.807, 2.05) is 12.1 Å². The van der Waals surface area contributed by atoms with Gasteiger partial charge in [-0.15, -0.1) is 0 Å². The number of piperidine rings is 1. The van der Waals surface area contributed by atoms with Gasteiger partial charge in [-0.3, -0.25) is 25.8 Å². The zero-order valence-corrected chi connectivity index (χ0v) is 19.5. The van der Waals surface area contributed by atoms with Crippen LogP contribution in [0.5, 0.6) is 5.75 Å². The van der Waals surface area contributed by atoms with Crippen LogP contribution >= 0.6 is 0 Å². The Hall–Kier alpha value is -2.91. The fraction of sp³-hybridized carbons (Fsp3) is 0.609. The fourth-order valence-electron chi connectivity index (χ4n) is 4.74. The van der Waals surface area contributed by atoms with Crippen molar-refractivity contribution < 1.29 is 19.4 Å². The molecule has 3 heterocycles. The molecule has 0 aromatic heterocycles. The summed E-state index contributed by atoms with van der Waals surface area (Å²) in [6, 6.07) is 9.27. The van der Waals surface area contributed by atoms with E-state index in [-0.39, 0.29) is 30.3 Å². The number of nitriles is 1. The van der Waals surface area contributed by atoms with Gasteiger partial charge in [0.15, 0.2) is 5.60 Å². The minimum atomic E-state index is -1.33. The van der Waals surface area contributed by atoms with Crippen molar-refractivity contribution in [1.82, 2.24) is 26.4 Å². The van der Waals surface area contributed by atoms with E-state index in [9.17, 15) is 14.7 Å². The number of anilines is 1. The first-order valence-corrected chi connectivity index (χ1v) is 11.7. The second kappa shape index (κ2) is 10.1. The SMILES string of the molecule is CC(C)(Oc1ccc(NC2NC(N3CCC(CC#N)CC3)NC3CNNC(=O)C32)cc1)C(=O)O. The molecule has 1 aromatic rings. The lowest BCUT2D eigenvalue weighted by Gasteiger charge is -2.49. The van der Waals surface area contributed by atoms with E-state index in [0.717, 1.165) is 31.6 Å². The molecule has 34 heavy (non-hydrogen) atoms. The summed E-state index contributed by atoms with van der Waals surface area (Å²) in [4.78, 5) is 26.3. The minimum Gasteiger partial charge on any atom is -0.478 e. The first kappa shape index (κ1) is 24.2. The number of amides is 1. The first-order valence-electron chi connectivity index (χ1n) is 11.7. The molecule has 4 rings (SSSR count). The smallest absolute Gasteiger partial charge is 0.347 e. The maximum Gasteiger partial charge on any atom is 0.347 e. The molecular formula is C23H33N7O4. The van der Waals surface area contributed by atoms with Crippen molar-refractivity contribution in [3.63, 3.8) is 0 Å². The number of carbonyl (C=O) groups excluding carboxylic acids is 1. The molecule has 11 heteroatoms. The van der Waals surface area contributed by atoms with Gasteiger partial charge in [-0.25, -0.2) is 10.2 Å². The number of carboxylic acid groups (broad SMARTS) is 1. The van der Waals surface area contributed by atoms with E-state index in [4.69, 9.17) is 10.00 Å². The molecule has 11 nitrogen and oxygen atoms in total. The Bertz CT molecular complexity index is 924. The summed E-state index contributed by atoms with van der Waals surface area (Å²) in [5.74, 6) is -0.579. The zero-order chi connectivity index (χ0) is 24.3. The lowest BCUT2D eigenvalue weighted by atomic mass is 9.90. The first-order chi connectivity index (χ1) is 16.3. The Labute approximate surface area is 199 Å². The third-order valence-electron chi connectivity index (χ3n) is 6.80. The molecule has 0 aliphatic carbocycles. The zero-order valence-electron chi connectivity index (χ0n) is 19.5. The topological polar surface area (TPSA) is 151 Å². The predicted octanol–water partition coefficient (Wildman–Crippen LogP) is 0.388. The van der Waals surface area contributed by atoms with Crippen molar-refractivity contribution in [2.24, 2.45) is 11.8 Å². The van der Waals surface area contributed by atoms with Crippen LogP contribution in [-0.4, -0.2) is 65.6 Å². The molecule has 3 aliphatic heterocycles. The van der Waals surface area contributed by atoms with Crippen molar-refractivity contribution in [1.29, 1.82) is 5.26 Å². The van der Waals surface area contributed by atoms with E-state index in [1.165, 1.54) is 13.8 Å². The molecule has 6 N–H and O–H groups in total. The maximum absolute atomic E-state index is 12.7. The summed E-state index contributed by atoms with van der Waals surface area (Å²) in [5, 5.41) is 28.8. The molecule has 3 saturated heterocycles. The minimum absolute atomic E-state index is 0.0618. The number of rotatable bonds is 7. The quantitative estimate of drug-likeness (QED) is 0.329. The summed E-state index contributed by atoms with van der Waals surface area (Å²) in [6.07, 6.45) is 2.13. The molecule has 0 spiro atoms. The standard InChI is InChI=1S/C23H33N7O4/c1-23(2,21(32)33)34-16-5-3-15(4-6-16)26-19-18-17(13-25-29-20(18)31)27-22(28-19)30-11-8-14(7-10-24)9-12-30/h3-6,14,17-19,22,25-28H,7-9,11-13H2,1-2H3,(H,29,31)(H,32,33). The Balaban J connectivity index is 1.45. The van der Waals surface area contributed by atoms with Gasteiger partial charge in [0.25, 0.3) is 0 Å². The molecule has 4 atom stereocenters. The van der Waals surface area contributed by atoms with Crippen LogP contribution in [0.15, 0.2) is 24.3 Å². The average molecular weight is 472 g/mol. The number of hydrogen-bond donors (Lipinski definition) is 6. The van der Waals surface area contributed by atoms with E-state index in [1.54, 1.807) is 12.1 Å². The van der Waals surface area contributed by atoms with Gasteiger partial charge in [0.2, 0.25) is 5.91 Å². The Morgan fingerprint density at radius 3 is 2.62 bits per heavy atom. The maximum atomic E-state index is 12.7. The number of fused-ring (bicyclic) bond motifs is 1. The predicted molar refractivity (Wildman–Crippen MR) is 124 cm³/mol. The highest BCUT2D eigenvalue weighted by Gasteiger charge is 2.45. The molecule has 0 saturated carbocycles. The van der Waals surface area contributed by atoms with Crippen LogP contribution in [0.1, 0.15) is 33.1 Å². The fourth-order valence-corrected chi connectivity index (χ4v) is 4.74. The Morgan fingerprint density at radius 2 is 1.97 bits per heavy atom. The van der Waals surface area contributed by atoms with E-state index in [0.29, 0.717) is 24.6 Å². The highest BCUT2D eigenvalue weighted by Crippen LogP contribution is 2.26. The van der Waals surface area contributed by atoms with Gasteiger partial charge in [0, 0.05) is 37.8 Å². The Morgan fingerprint density at radius 1 is 1.26 bits per heavy atom. The van der Waals surface area contributed by atoms with Gasteiger partial charge in [-0.1, -0.05) is 0 Å². The van der Waals surface area contributed by atoms with Gasteiger partial charge in [0.05, 0.1) is 18.2 Å². The lowest BCUT2D eigenvalue weighted by Crippen LogP contribution is -2.77. The van der Waals surface area contributed by atoms with Gasteiger partial charge in [0.1, 0.15) is 12.0 Å². The number of ether oxygens (including phenoxy) is 1. The summed E-state index contributed by atoms with van der Waals surface area (Å²) in [6.45, 7) is 5.37. The molecule has 0 radical (unpaired) electrons. The number of nitrogens with one attached hydrogen (secondary N) is 5. The largest absolute Gasteiger partial charge is 0.478 e. The number of carbonyl (C=O) groups is 2. The molecule has 1 aromatic carbocycles. The van der Waals surface area contributed by atoms with Gasteiger partial charge in [-0.2, -0.15) is 5.26 Å².